The monoisotopic (exact) mass is 432 g/mol. The molecule has 0 aliphatic rings. The molecule has 0 aliphatic heterocycles. The third-order valence-corrected chi connectivity index (χ3v) is 1.33. The Bertz CT molecular complexity index is 108. The summed E-state index contributed by atoms with van der Waals surface area (Å²) in [5, 5.41) is 38.5. The number of hydrogen-bond acceptors (Lipinski definition) is 4. The molecule has 0 amide bonds. The molecule has 0 heterocycles. The molecule has 0 saturated heterocycles. The maximum absolute atomic E-state index is 9.63. The van der Waals surface area contributed by atoms with Gasteiger partial charge in [-0.25, -0.2) is 0 Å². The molecule has 0 aromatic carbocycles. The second-order valence-electron chi connectivity index (χ2n) is 6.24. The Labute approximate surface area is 166 Å². The predicted molar refractivity (Wildman–Crippen MR) is 78.8 cm³/mol. The van der Waals surface area contributed by atoms with Gasteiger partial charge in [0.2, 0.25) is 0 Å². The maximum atomic E-state index is 9.63. The summed E-state index contributed by atoms with van der Waals surface area (Å²) in [7, 11) is 0. The minimum atomic E-state index is 0. The molecule has 21 heavy (non-hydrogen) atoms. The zero-order valence-electron chi connectivity index (χ0n) is 15.3. The first-order valence-corrected chi connectivity index (χ1v) is 7.41. The van der Waals surface area contributed by atoms with E-state index in [2.05, 4.69) is 0 Å². The molecule has 0 atom stereocenters. The van der Waals surface area contributed by atoms with Gasteiger partial charge in [-0.3, -0.25) is 0 Å². The fourth-order valence-corrected chi connectivity index (χ4v) is 0. The van der Waals surface area contributed by atoms with E-state index in [0.29, 0.717) is 23.7 Å². The SMILES string of the molecule is CC(C)C[O-].CC(C)C[O-].CC(C)C[O-].CC(C)C[O-].[Ce+4]. The first kappa shape index (κ1) is 33.7. The zero-order valence-corrected chi connectivity index (χ0v) is 18.4. The van der Waals surface area contributed by atoms with Gasteiger partial charge in [-0.1, -0.05) is 79.1 Å². The van der Waals surface area contributed by atoms with Gasteiger partial charge in [0.15, 0.2) is 0 Å². The van der Waals surface area contributed by atoms with E-state index in [1.165, 1.54) is 0 Å². The van der Waals surface area contributed by atoms with Crippen LogP contribution in [0.25, 0.3) is 0 Å². The Morgan fingerprint density at radius 2 is 0.476 bits per heavy atom. The Morgan fingerprint density at radius 3 is 0.476 bits per heavy atom. The van der Waals surface area contributed by atoms with Crippen molar-refractivity contribution in [2.75, 3.05) is 26.4 Å². The normalized spacial score (nSPS) is 9.14. The molecule has 0 radical (unpaired) electrons. The van der Waals surface area contributed by atoms with Crippen molar-refractivity contribution in [1.29, 1.82) is 0 Å². The first-order chi connectivity index (χ1) is 9.08. The Hall–Kier alpha value is 1.22. The Balaban J connectivity index is -0.0000000533. The molecule has 0 unspecified atom stereocenters. The van der Waals surface area contributed by atoms with Crippen molar-refractivity contribution in [2.45, 2.75) is 55.4 Å². The zero-order chi connectivity index (χ0) is 17.1. The van der Waals surface area contributed by atoms with Crippen molar-refractivity contribution in [2.24, 2.45) is 23.7 Å². The third-order valence-electron chi connectivity index (χ3n) is 1.33. The molecule has 4 nitrogen and oxygen atoms in total. The van der Waals surface area contributed by atoms with E-state index in [1.54, 1.807) is 0 Å². The van der Waals surface area contributed by atoms with Gasteiger partial charge in [0.05, 0.1) is 0 Å². The minimum absolute atomic E-state index is 0. The van der Waals surface area contributed by atoms with Crippen molar-refractivity contribution in [3.05, 3.63) is 0 Å². The van der Waals surface area contributed by atoms with Crippen molar-refractivity contribution < 1.29 is 62.2 Å². The molecule has 0 rings (SSSR count). The molecule has 0 aromatic heterocycles. The fraction of sp³-hybridized carbons (Fsp3) is 1.00. The van der Waals surface area contributed by atoms with Crippen LogP contribution in [-0.4, -0.2) is 26.4 Å². The van der Waals surface area contributed by atoms with Gasteiger partial charge in [0, 0.05) is 0 Å². The van der Waals surface area contributed by atoms with E-state index < -0.39 is 0 Å². The number of rotatable bonds is 4. The van der Waals surface area contributed by atoms with Gasteiger partial charge in [-0.05, 0) is 0 Å². The Morgan fingerprint density at radius 1 is 0.429 bits per heavy atom. The quantitative estimate of drug-likeness (QED) is 0.626. The van der Waals surface area contributed by atoms with Crippen molar-refractivity contribution in [1.82, 2.24) is 0 Å². The van der Waals surface area contributed by atoms with E-state index in [0.717, 1.165) is 0 Å². The largest absolute Gasteiger partial charge is 4.00 e. The summed E-state index contributed by atoms with van der Waals surface area (Å²) in [6.45, 7) is 15.5. The third kappa shape index (κ3) is 92.2. The van der Waals surface area contributed by atoms with Crippen LogP contribution in [0.3, 0.4) is 0 Å². The van der Waals surface area contributed by atoms with Crippen LogP contribution in [0, 0.1) is 65.4 Å². The standard InChI is InChI=1S/4C4H9O.Ce/c4*1-4(2)3-5;/h4*4H,3H2,1-2H3;/q4*-1;+4. The van der Waals surface area contributed by atoms with Crippen LogP contribution in [-0.2, 0) is 0 Å². The van der Waals surface area contributed by atoms with E-state index in [1.807, 2.05) is 55.4 Å². The molecule has 0 fully saturated rings. The van der Waals surface area contributed by atoms with E-state index in [-0.39, 0.29) is 68.2 Å². The summed E-state index contributed by atoms with van der Waals surface area (Å²) in [5.41, 5.74) is 0. The predicted octanol–water partition coefficient (Wildman–Crippen LogP) is 0.0108. The minimum Gasteiger partial charge on any atom is -0.854 e. The van der Waals surface area contributed by atoms with Crippen LogP contribution < -0.4 is 20.4 Å². The first-order valence-electron chi connectivity index (χ1n) is 7.41. The van der Waals surface area contributed by atoms with Gasteiger partial charge < -0.3 is 20.4 Å². The smallest absolute Gasteiger partial charge is 0.854 e. The summed E-state index contributed by atoms with van der Waals surface area (Å²) in [6, 6.07) is 0. The van der Waals surface area contributed by atoms with E-state index in [9.17, 15) is 20.4 Å². The summed E-state index contributed by atoms with van der Waals surface area (Å²) in [4.78, 5) is 0. The average molecular weight is 433 g/mol. The van der Waals surface area contributed by atoms with Crippen LogP contribution in [0.4, 0.5) is 0 Å². The second-order valence-corrected chi connectivity index (χ2v) is 6.24. The van der Waals surface area contributed by atoms with Crippen LogP contribution in [0.1, 0.15) is 55.4 Å². The van der Waals surface area contributed by atoms with E-state index >= 15 is 0 Å². The molecule has 5 heteroatoms. The second kappa shape index (κ2) is 29.3. The Kier molecular flexibility index (Phi) is 47.0. The maximum Gasteiger partial charge on any atom is 4.00 e. The van der Waals surface area contributed by atoms with Crippen molar-refractivity contribution in [3.8, 4) is 0 Å². The summed E-state index contributed by atoms with van der Waals surface area (Å²) < 4.78 is 0. The molecular weight excluding hydrogens is 396 g/mol. The van der Waals surface area contributed by atoms with Gasteiger partial charge in [-0.15, -0.1) is 26.4 Å². The molecule has 0 spiro atoms. The summed E-state index contributed by atoms with van der Waals surface area (Å²) in [6.07, 6.45) is 0. The van der Waals surface area contributed by atoms with Crippen LogP contribution in [0.5, 0.6) is 0 Å². The van der Waals surface area contributed by atoms with Crippen LogP contribution in [0.15, 0.2) is 0 Å². The molecule has 0 N–H and O–H groups in total. The fourth-order valence-electron chi connectivity index (χ4n) is 0. The molecular formula is C16H36CeO4. The van der Waals surface area contributed by atoms with Gasteiger partial charge in [-0.2, -0.15) is 0 Å². The molecule has 128 valence electrons. The summed E-state index contributed by atoms with van der Waals surface area (Å²) in [5.74, 6) is 1.31. The van der Waals surface area contributed by atoms with Crippen molar-refractivity contribution >= 4 is 0 Å². The van der Waals surface area contributed by atoms with Crippen molar-refractivity contribution in [3.63, 3.8) is 0 Å². The topological polar surface area (TPSA) is 92.2 Å². The summed E-state index contributed by atoms with van der Waals surface area (Å²) >= 11 is 0. The van der Waals surface area contributed by atoms with Gasteiger partial charge in [0.1, 0.15) is 0 Å². The van der Waals surface area contributed by atoms with E-state index in [4.69, 9.17) is 0 Å². The van der Waals surface area contributed by atoms with Crippen LogP contribution in [0.2, 0.25) is 0 Å². The van der Waals surface area contributed by atoms with Gasteiger partial charge in [0.25, 0.3) is 0 Å². The molecule has 0 aliphatic carbocycles. The molecule has 0 aromatic rings. The van der Waals surface area contributed by atoms with Crippen LogP contribution >= 0.6 is 0 Å². The number of hydrogen-bond donors (Lipinski definition) is 0. The van der Waals surface area contributed by atoms with Gasteiger partial charge >= 0.3 is 41.7 Å². The average Bonchev–Trinajstić information content (AvgIpc) is 2.40. The molecule has 0 saturated carbocycles. The molecule has 0 bridgehead atoms.